The maximum absolute atomic E-state index is 12.3. The molecule has 2 atom stereocenters. The van der Waals surface area contributed by atoms with Gasteiger partial charge in [0.15, 0.2) is 0 Å². The van der Waals surface area contributed by atoms with E-state index in [1.807, 2.05) is 31.2 Å². The third-order valence-corrected chi connectivity index (χ3v) is 4.21. The molecule has 0 aromatic heterocycles. The molecule has 0 bridgehead atoms. The molecular weight excluding hydrogens is 240 g/mol. The predicted molar refractivity (Wildman–Crippen MR) is 73.0 cm³/mol. The Kier molecular flexibility index (Phi) is 3.42. The summed E-state index contributed by atoms with van der Waals surface area (Å²) in [7, 11) is 0. The van der Waals surface area contributed by atoms with Gasteiger partial charge in [0.2, 0.25) is 5.91 Å². The van der Waals surface area contributed by atoms with Crippen LogP contribution in [0.5, 0.6) is 5.75 Å². The molecule has 2 unspecified atom stereocenters. The highest BCUT2D eigenvalue weighted by Gasteiger charge is 2.31. The molecule has 0 radical (unpaired) electrons. The summed E-state index contributed by atoms with van der Waals surface area (Å²) in [6.45, 7) is 4.60. The lowest BCUT2D eigenvalue weighted by Crippen LogP contribution is -2.50. The molecule has 1 aromatic rings. The fraction of sp³-hybridized carbons (Fsp3) is 0.533. The zero-order valence-corrected chi connectivity index (χ0v) is 11.2. The molecule has 102 valence electrons. The molecule has 19 heavy (non-hydrogen) atoms. The van der Waals surface area contributed by atoms with Crippen LogP contribution in [0.15, 0.2) is 24.3 Å². The summed E-state index contributed by atoms with van der Waals surface area (Å²) in [6, 6.07) is 8.05. The summed E-state index contributed by atoms with van der Waals surface area (Å²) < 4.78 is 5.61. The molecule has 1 fully saturated rings. The van der Waals surface area contributed by atoms with Gasteiger partial charge in [-0.1, -0.05) is 25.1 Å². The number of ether oxygens (including phenoxy) is 1. The van der Waals surface area contributed by atoms with Gasteiger partial charge in [-0.15, -0.1) is 0 Å². The van der Waals surface area contributed by atoms with Crippen molar-refractivity contribution >= 4 is 5.91 Å². The lowest BCUT2D eigenvalue weighted by molar-refractivity contribution is -0.127. The molecule has 1 amide bonds. The van der Waals surface area contributed by atoms with Crippen LogP contribution in [-0.2, 0) is 4.79 Å². The third kappa shape index (κ3) is 2.45. The predicted octanol–water partition coefficient (Wildman–Crippen LogP) is 1.48. The molecule has 1 aromatic carbocycles. The van der Waals surface area contributed by atoms with Crippen molar-refractivity contribution in [3.63, 3.8) is 0 Å². The number of carbonyl (C=O) groups excluding carboxylic acids is 1. The van der Waals surface area contributed by atoms with Crippen molar-refractivity contribution in [3.05, 3.63) is 29.8 Å². The number of carbonyl (C=O) groups is 1. The van der Waals surface area contributed by atoms with Gasteiger partial charge >= 0.3 is 0 Å². The maximum atomic E-state index is 12.3. The van der Waals surface area contributed by atoms with Gasteiger partial charge < -0.3 is 15.4 Å². The number of rotatable bonds is 3. The molecule has 3 rings (SSSR count). The summed E-state index contributed by atoms with van der Waals surface area (Å²) in [4.78, 5) is 12.3. The molecule has 2 aliphatic heterocycles. The van der Waals surface area contributed by atoms with E-state index in [1.54, 1.807) is 0 Å². The van der Waals surface area contributed by atoms with Crippen LogP contribution < -0.4 is 15.4 Å². The van der Waals surface area contributed by atoms with Gasteiger partial charge in [-0.3, -0.25) is 4.79 Å². The Labute approximate surface area is 113 Å². The molecule has 2 aliphatic rings. The van der Waals surface area contributed by atoms with E-state index in [2.05, 4.69) is 10.6 Å². The molecule has 2 heterocycles. The summed E-state index contributed by atoms with van der Waals surface area (Å²) in [5.41, 5.74) is 1.10. The summed E-state index contributed by atoms with van der Waals surface area (Å²) in [6.07, 6.45) is 0.846. The van der Waals surface area contributed by atoms with E-state index < -0.39 is 0 Å². The molecule has 4 nitrogen and oxygen atoms in total. The average molecular weight is 260 g/mol. The van der Waals surface area contributed by atoms with Crippen LogP contribution in [0.1, 0.15) is 24.9 Å². The lowest BCUT2D eigenvalue weighted by atomic mass is 9.87. The number of hydrogen-bond donors (Lipinski definition) is 2. The van der Waals surface area contributed by atoms with E-state index in [-0.39, 0.29) is 17.9 Å². The number of fused-ring (bicyclic) bond motifs is 1. The van der Waals surface area contributed by atoms with E-state index in [4.69, 9.17) is 4.74 Å². The maximum Gasteiger partial charge on any atom is 0.223 e. The Morgan fingerprint density at radius 2 is 2.21 bits per heavy atom. The van der Waals surface area contributed by atoms with Gasteiger partial charge in [-0.05, 0) is 25.1 Å². The Balaban J connectivity index is 1.68. The van der Waals surface area contributed by atoms with Crippen LogP contribution in [0.2, 0.25) is 0 Å². The summed E-state index contributed by atoms with van der Waals surface area (Å²) in [5.74, 6) is 1.62. The van der Waals surface area contributed by atoms with Gasteiger partial charge in [0.05, 0.1) is 12.6 Å². The van der Waals surface area contributed by atoms with Crippen LogP contribution in [0.3, 0.4) is 0 Å². The summed E-state index contributed by atoms with van der Waals surface area (Å²) in [5, 5.41) is 6.39. The Morgan fingerprint density at radius 1 is 1.42 bits per heavy atom. The first-order valence-corrected chi connectivity index (χ1v) is 6.98. The molecule has 1 saturated heterocycles. The minimum Gasteiger partial charge on any atom is -0.493 e. The van der Waals surface area contributed by atoms with Crippen LogP contribution in [-0.4, -0.2) is 25.6 Å². The fourth-order valence-corrected chi connectivity index (χ4v) is 2.67. The fourth-order valence-electron chi connectivity index (χ4n) is 2.67. The number of hydrogen-bond acceptors (Lipinski definition) is 3. The van der Waals surface area contributed by atoms with E-state index in [1.165, 1.54) is 0 Å². The average Bonchev–Trinajstić information content (AvgIpc) is 2.37. The van der Waals surface area contributed by atoms with Crippen molar-refractivity contribution in [1.29, 1.82) is 0 Å². The highest BCUT2D eigenvalue weighted by atomic mass is 16.5. The number of amides is 1. The van der Waals surface area contributed by atoms with Gasteiger partial charge in [-0.2, -0.15) is 0 Å². The molecule has 4 heteroatoms. The number of para-hydroxylation sites is 1. The highest BCUT2D eigenvalue weighted by Crippen LogP contribution is 2.32. The van der Waals surface area contributed by atoms with Crippen molar-refractivity contribution < 1.29 is 9.53 Å². The van der Waals surface area contributed by atoms with Crippen molar-refractivity contribution in [2.75, 3.05) is 19.7 Å². The largest absolute Gasteiger partial charge is 0.493 e. The van der Waals surface area contributed by atoms with E-state index in [9.17, 15) is 4.79 Å². The molecule has 2 N–H and O–H groups in total. The third-order valence-electron chi connectivity index (χ3n) is 4.21. The second-order valence-electron chi connectivity index (χ2n) is 5.44. The molecule has 0 saturated carbocycles. The Morgan fingerprint density at radius 3 is 2.95 bits per heavy atom. The van der Waals surface area contributed by atoms with E-state index in [0.29, 0.717) is 12.5 Å². The first-order valence-electron chi connectivity index (χ1n) is 6.98. The van der Waals surface area contributed by atoms with Gasteiger partial charge in [0, 0.05) is 17.9 Å². The minimum atomic E-state index is 0.0799. The highest BCUT2D eigenvalue weighted by molar-refractivity contribution is 5.79. The monoisotopic (exact) mass is 260 g/mol. The molecular formula is C15H20N2O2. The number of nitrogens with one attached hydrogen (secondary N) is 2. The van der Waals surface area contributed by atoms with Crippen LogP contribution in [0, 0.1) is 11.8 Å². The van der Waals surface area contributed by atoms with Crippen LogP contribution in [0.4, 0.5) is 0 Å². The van der Waals surface area contributed by atoms with Gasteiger partial charge in [0.25, 0.3) is 0 Å². The zero-order chi connectivity index (χ0) is 13.2. The molecule has 0 spiro atoms. The van der Waals surface area contributed by atoms with Crippen molar-refractivity contribution in [2.24, 2.45) is 11.8 Å². The first kappa shape index (κ1) is 12.5. The van der Waals surface area contributed by atoms with Crippen molar-refractivity contribution in [3.8, 4) is 5.75 Å². The summed E-state index contributed by atoms with van der Waals surface area (Å²) >= 11 is 0. The Hall–Kier alpha value is -1.55. The SMILES string of the molecule is CC(C(=O)NC1CCOc2ccccc21)C1CNC1. The zero-order valence-electron chi connectivity index (χ0n) is 11.2. The molecule has 0 aliphatic carbocycles. The standard InChI is InChI=1S/C15H20N2O2/c1-10(11-8-16-9-11)15(18)17-13-6-7-19-14-5-3-2-4-12(13)14/h2-5,10-11,13,16H,6-9H2,1H3,(H,17,18). The quantitative estimate of drug-likeness (QED) is 0.865. The van der Waals surface area contributed by atoms with Crippen molar-refractivity contribution in [1.82, 2.24) is 10.6 Å². The van der Waals surface area contributed by atoms with Crippen LogP contribution in [0.25, 0.3) is 0 Å². The van der Waals surface area contributed by atoms with Crippen LogP contribution >= 0.6 is 0 Å². The van der Waals surface area contributed by atoms with Gasteiger partial charge in [-0.25, -0.2) is 0 Å². The normalized spacial score (nSPS) is 23.7. The van der Waals surface area contributed by atoms with Crippen molar-refractivity contribution in [2.45, 2.75) is 19.4 Å². The second kappa shape index (κ2) is 5.21. The lowest BCUT2D eigenvalue weighted by Gasteiger charge is -2.33. The first-order chi connectivity index (χ1) is 9.25. The van der Waals surface area contributed by atoms with E-state index >= 15 is 0 Å². The smallest absolute Gasteiger partial charge is 0.223 e. The van der Waals surface area contributed by atoms with Gasteiger partial charge in [0.1, 0.15) is 5.75 Å². The second-order valence-corrected chi connectivity index (χ2v) is 5.44. The minimum absolute atomic E-state index is 0.0799. The topological polar surface area (TPSA) is 50.4 Å². The Bertz CT molecular complexity index is 471. The van der Waals surface area contributed by atoms with E-state index in [0.717, 1.165) is 30.8 Å². The number of benzene rings is 1.